The molecule has 1 aliphatic rings. The van der Waals surface area contributed by atoms with Crippen molar-refractivity contribution in [2.24, 2.45) is 0 Å². The Morgan fingerprint density at radius 3 is 2.38 bits per heavy atom. The fraction of sp³-hybridized carbons (Fsp3) is 0.429. The first-order valence-electron chi connectivity index (χ1n) is 9.22. The van der Waals surface area contributed by atoms with Gasteiger partial charge in [0, 0.05) is 13.2 Å². The lowest BCUT2D eigenvalue weighted by atomic mass is 10.2. The van der Waals surface area contributed by atoms with Crippen molar-refractivity contribution in [2.75, 3.05) is 33.0 Å². The molecule has 0 spiro atoms. The Kier molecular flexibility index (Phi) is 7.78. The molecule has 1 N–H and O–H groups in total. The van der Waals surface area contributed by atoms with Crippen LogP contribution in [0.25, 0.3) is 0 Å². The lowest BCUT2D eigenvalue weighted by Gasteiger charge is -2.12. The van der Waals surface area contributed by atoms with Gasteiger partial charge in [0.15, 0.2) is 0 Å². The number of benzene rings is 2. The number of hydrogen-bond donors (Lipinski definition) is 1. The quantitative estimate of drug-likeness (QED) is 0.625. The number of rotatable bonds is 11. The molecule has 26 heavy (non-hydrogen) atoms. The van der Waals surface area contributed by atoms with E-state index in [-0.39, 0.29) is 6.23 Å². The molecule has 0 aliphatic carbocycles. The minimum atomic E-state index is 0.206. The normalized spacial score (nSPS) is 16.5. The molecule has 0 aromatic heterocycles. The molecule has 140 valence electrons. The van der Waals surface area contributed by atoms with Gasteiger partial charge in [-0.05, 0) is 42.7 Å². The van der Waals surface area contributed by atoms with Crippen molar-refractivity contribution in [3.63, 3.8) is 0 Å². The van der Waals surface area contributed by atoms with Crippen LogP contribution in [-0.2, 0) is 16.1 Å². The molecule has 0 saturated carbocycles. The van der Waals surface area contributed by atoms with Gasteiger partial charge < -0.3 is 18.9 Å². The summed E-state index contributed by atoms with van der Waals surface area (Å²) in [6, 6.07) is 17.8. The van der Waals surface area contributed by atoms with Gasteiger partial charge in [-0.3, -0.25) is 5.32 Å². The highest BCUT2D eigenvalue weighted by molar-refractivity contribution is 5.31. The van der Waals surface area contributed by atoms with Crippen molar-refractivity contribution in [1.82, 2.24) is 5.32 Å². The maximum atomic E-state index is 5.76. The van der Waals surface area contributed by atoms with Crippen LogP contribution in [0.2, 0.25) is 0 Å². The van der Waals surface area contributed by atoms with Crippen LogP contribution in [0, 0.1) is 0 Å². The molecule has 1 atom stereocenters. The van der Waals surface area contributed by atoms with Gasteiger partial charge in [-0.25, -0.2) is 0 Å². The van der Waals surface area contributed by atoms with Crippen LogP contribution >= 0.6 is 0 Å². The van der Waals surface area contributed by atoms with Crippen LogP contribution in [0.5, 0.6) is 11.5 Å². The molecule has 1 aliphatic heterocycles. The predicted molar refractivity (Wildman–Crippen MR) is 101 cm³/mol. The van der Waals surface area contributed by atoms with Crippen LogP contribution in [0.15, 0.2) is 54.6 Å². The van der Waals surface area contributed by atoms with Crippen LogP contribution in [0.1, 0.15) is 18.4 Å². The highest BCUT2D eigenvalue weighted by Crippen LogP contribution is 2.18. The first-order valence-corrected chi connectivity index (χ1v) is 9.22. The molecule has 5 heteroatoms. The zero-order valence-corrected chi connectivity index (χ0v) is 15.1. The second kappa shape index (κ2) is 10.8. The highest BCUT2D eigenvalue weighted by atomic mass is 16.5. The predicted octanol–water partition coefficient (Wildman–Crippen LogP) is 3.39. The van der Waals surface area contributed by atoms with E-state index in [0.29, 0.717) is 26.4 Å². The van der Waals surface area contributed by atoms with Gasteiger partial charge >= 0.3 is 0 Å². The molecule has 2 aromatic rings. The van der Waals surface area contributed by atoms with Gasteiger partial charge in [0.25, 0.3) is 0 Å². The van der Waals surface area contributed by atoms with Crippen LogP contribution in [0.4, 0.5) is 0 Å². The first-order chi connectivity index (χ1) is 12.9. The molecule has 0 bridgehead atoms. The lowest BCUT2D eigenvalue weighted by Crippen LogP contribution is -2.31. The summed E-state index contributed by atoms with van der Waals surface area (Å²) in [5, 5.41) is 3.32. The van der Waals surface area contributed by atoms with Crippen molar-refractivity contribution < 1.29 is 18.9 Å². The average molecular weight is 357 g/mol. The summed E-state index contributed by atoms with van der Waals surface area (Å²) < 4.78 is 22.5. The highest BCUT2D eigenvalue weighted by Gasteiger charge is 2.13. The van der Waals surface area contributed by atoms with Gasteiger partial charge in [0.1, 0.15) is 30.9 Å². The van der Waals surface area contributed by atoms with Crippen molar-refractivity contribution >= 4 is 0 Å². The number of ether oxygens (including phenoxy) is 4. The van der Waals surface area contributed by atoms with Crippen LogP contribution in [-0.4, -0.2) is 39.2 Å². The lowest BCUT2D eigenvalue weighted by molar-refractivity contribution is 0.0623. The molecular weight excluding hydrogens is 330 g/mol. The maximum absolute atomic E-state index is 5.76. The molecule has 0 radical (unpaired) electrons. The Morgan fingerprint density at radius 2 is 1.65 bits per heavy atom. The van der Waals surface area contributed by atoms with E-state index < -0.39 is 0 Å². The smallest absolute Gasteiger partial charge is 0.120 e. The number of nitrogens with one attached hydrogen (secondary N) is 1. The molecule has 5 nitrogen and oxygen atoms in total. The second-order valence-corrected chi connectivity index (χ2v) is 6.16. The van der Waals surface area contributed by atoms with E-state index in [9.17, 15) is 0 Å². The Morgan fingerprint density at radius 1 is 0.885 bits per heavy atom. The summed E-state index contributed by atoms with van der Waals surface area (Å²) in [5.41, 5.74) is 1.15. The molecule has 2 aromatic carbocycles. The van der Waals surface area contributed by atoms with Crippen molar-refractivity contribution in [3.05, 3.63) is 60.2 Å². The molecule has 3 rings (SSSR count). The van der Waals surface area contributed by atoms with E-state index in [1.54, 1.807) is 0 Å². The third-order valence-corrected chi connectivity index (χ3v) is 4.12. The van der Waals surface area contributed by atoms with Crippen molar-refractivity contribution in [1.29, 1.82) is 0 Å². The molecule has 1 unspecified atom stereocenters. The van der Waals surface area contributed by atoms with E-state index in [2.05, 4.69) is 5.32 Å². The number of hydrogen-bond acceptors (Lipinski definition) is 5. The summed E-state index contributed by atoms with van der Waals surface area (Å²) in [4.78, 5) is 0. The summed E-state index contributed by atoms with van der Waals surface area (Å²) in [5.74, 6) is 1.65. The van der Waals surface area contributed by atoms with Gasteiger partial charge in [0.05, 0.1) is 13.2 Å². The summed E-state index contributed by atoms with van der Waals surface area (Å²) >= 11 is 0. The first kappa shape index (κ1) is 18.7. The Bertz CT molecular complexity index is 612. The van der Waals surface area contributed by atoms with Crippen molar-refractivity contribution in [2.45, 2.75) is 25.7 Å². The van der Waals surface area contributed by atoms with Crippen LogP contribution < -0.4 is 14.8 Å². The fourth-order valence-electron chi connectivity index (χ4n) is 2.72. The Labute approximate surface area is 155 Å². The van der Waals surface area contributed by atoms with Crippen molar-refractivity contribution in [3.8, 4) is 11.5 Å². The van der Waals surface area contributed by atoms with Gasteiger partial charge in [-0.2, -0.15) is 0 Å². The zero-order valence-electron chi connectivity index (χ0n) is 15.1. The Hall–Kier alpha value is -2.08. The standard InChI is InChI=1S/C21H27NO4/c1-2-5-18(6-3-1)17-26-20-10-8-19(9-11-20)24-16-15-23-14-12-22-21-7-4-13-25-21/h1-3,5-6,8-11,21-22H,4,7,12-17H2. The van der Waals surface area contributed by atoms with E-state index in [1.165, 1.54) is 0 Å². The zero-order chi connectivity index (χ0) is 17.9. The summed E-state index contributed by atoms with van der Waals surface area (Å²) in [7, 11) is 0. The third kappa shape index (κ3) is 6.67. The summed E-state index contributed by atoms with van der Waals surface area (Å²) in [6.07, 6.45) is 2.44. The molecule has 1 heterocycles. The van der Waals surface area contributed by atoms with Gasteiger partial charge in [0.2, 0.25) is 0 Å². The molecule has 1 saturated heterocycles. The van der Waals surface area contributed by atoms with Gasteiger partial charge in [-0.1, -0.05) is 30.3 Å². The van der Waals surface area contributed by atoms with E-state index in [0.717, 1.165) is 43.1 Å². The SMILES string of the molecule is c1ccc(COc2ccc(OCCOCCNC3CCCO3)cc2)cc1. The Balaban J connectivity index is 1.24. The summed E-state index contributed by atoms with van der Waals surface area (Å²) in [6.45, 7) is 3.99. The fourth-order valence-corrected chi connectivity index (χ4v) is 2.72. The van der Waals surface area contributed by atoms with Crippen LogP contribution in [0.3, 0.4) is 0 Å². The second-order valence-electron chi connectivity index (χ2n) is 6.16. The molecule has 0 amide bonds. The maximum Gasteiger partial charge on any atom is 0.120 e. The minimum absolute atomic E-state index is 0.206. The monoisotopic (exact) mass is 357 g/mol. The van der Waals surface area contributed by atoms with E-state index in [4.69, 9.17) is 18.9 Å². The molecule has 1 fully saturated rings. The van der Waals surface area contributed by atoms with E-state index >= 15 is 0 Å². The minimum Gasteiger partial charge on any atom is -0.491 e. The largest absolute Gasteiger partial charge is 0.491 e. The topological polar surface area (TPSA) is 49.0 Å². The average Bonchev–Trinajstić information content (AvgIpc) is 3.21. The van der Waals surface area contributed by atoms with Gasteiger partial charge in [-0.15, -0.1) is 0 Å². The molecular formula is C21H27NO4. The van der Waals surface area contributed by atoms with E-state index in [1.807, 2.05) is 54.6 Å². The third-order valence-electron chi connectivity index (χ3n) is 4.12.